The summed E-state index contributed by atoms with van der Waals surface area (Å²) in [5.41, 5.74) is -0.438. The van der Waals surface area contributed by atoms with Crippen LogP contribution in [0.2, 0.25) is 0 Å². The molecule has 1 aromatic heterocycles. The minimum atomic E-state index is -1.28. The largest absolute Gasteiger partial charge is 0.478 e. The number of hydrogen-bond donors (Lipinski definition) is 2. The monoisotopic (exact) mass is 266 g/mol. The molecule has 2 rings (SSSR count). The van der Waals surface area contributed by atoms with Crippen molar-refractivity contribution in [3.63, 3.8) is 0 Å². The van der Waals surface area contributed by atoms with Gasteiger partial charge in [-0.3, -0.25) is 10.1 Å². The van der Waals surface area contributed by atoms with E-state index in [4.69, 9.17) is 10.2 Å². The van der Waals surface area contributed by atoms with Crippen molar-refractivity contribution in [2.24, 2.45) is 0 Å². The zero-order valence-electron chi connectivity index (χ0n) is 9.85. The van der Waals surface area contributed by atoms with Crippen molar-refractivity contribution in [1.82, 2.24) is 15.0 Å². The van der Waals surface area contributed by atoms with Gasteiger partial charge >= 0.3 is 5.97 Å². The Balaban J connectivity index is 2.79. The summed E-state index contributed by atoms with van der Waals surface area (Å²) in [5, 5.41) is 36.4. The van der Waals surface area contributed by atoms with Crippen molar-refractivity contribution >= 4 is 22.7 Å². The van der Waals surface area contributed by atoms with E-state index in [1.165, 1.54) is 10.7 Å². The molecule has 1 unspecified atom stereocenters. The van der Waals surface area contributed by atoms with E-state index in [9.17, 15) is 14.9 Å². The lowest BCUT2D eigenvalue weighted by Gasteiger charge is -2.08. The van der Waals surface area contributed by atoms with E-state index in [1.807, 2.05) is 0 Å². The molecule has 19 heavy (non-hydrogen) atoms. The van der Waals surface area contributed by atoms with Crippen LogP contribution in [0.4, 0.5) is 5.69 Å². The summed E-state index contributed by atoms with van der Waals surface area (Å²) in [4.78, 5) is 21.2. The zero-order chi connectivity index (χ0) is 14.2. The van der Waals surface area contributed by atoms with Gasteiger partial charge in [0, 0.05) is 6.07 Å². The highest BCUT2D eigenvalue weighted by molar-refractivity contribution is 5.96. The van der Waals surface area contributed by atoms with Gasteiger partial charge in [-0.05, 0) is 13.0 Å². The molecule has 2 N–H and O–H groups in total. The lowest BCUT2D eigenvalue weighted by molar-refractivity contribution is -0.383. The van der Waals surface area contributed by atoms with Crippen LogP contribution in [0.3, 0.4) is 0 Å². The fraction of sp³-hybridized carbons (Fsp3) is 0.300. The Morgan fingerprint density at radius 1 is 1.58 bits per heavy atom. The smallest absolute Gasteiger partial charge is 0.336 e. The van der Waals surface area contributed by atoms with Gasteiger partial charge in [0.25, 0.3) is 5.69 Å². The average molecular weight is 266 g/mol. The number of carboxylic acid groups (broad SMARTS) is 1. The number of aromatic carboxylic acids is 1. The summed E-state index contributed by atoms with van der Waals surface area (Å²) in [6.45, 7) is 1.35. The molecule has 0 fully saturated rings. The van der Waals surface area contributed by atoms with E-state index in [0.717, 1.165) is 6.07 Å². The predicted octanol–water partition coefficient (Wildman–Crippen LogP) is 0.591. The second-order valence-electron chi connectivity index (χ2n) is 3.99. The predicted molar refractivity (Wildman–Crippen MR) is 62.9 cm³/mol. The van der Waals surface area contributed by atoms with Crippen LogP contribution >= 0.6 is 0 Å². The first-order valence-electron chi connectivity index (χ1n) is 5.33. The van der Waals surface area contributed by atoms with E-state index in [1.54, 1.807) is 6.92 Å². The number of carbonyl (C=O) groups is 1. The van der Waals surface area contributed by atoms with Gasteiger partial charge in [-0.15, -0.1) is 5.10 Å². The topological polar surface area (TPSA) is 131 Å². The Labute approximate surface area is 106 Å². The Hall–Kier alpha value is -2.55. The fourth-order valence-corrected chi connectivity index (χ4v) is 1.70. The molecule has 0 aliphatic rings. The van der Waals surface area contributed by atoms with Crippen LogP contribution in [-0.2, 0) is 0 Å². The van der Waals surface area contributed by atoms with Crippen molar-refractivity contribution in [3.8, 4) is 0 Å². The van der Waals surface area contributed by atoms with Crippen LogP contribution in [-0.4, -0.2) is 42.7 Å². The summed E-state index contributed by atoms with van der Waals surface area (Å²) in [6, 6.07) is 1.66. The highest BCUT2D eigenvalue weighted by Gasteiger charge is 2.23. The molecule has 0 aliphatic carbocycles. The standard InChI is InChI=1S/C10H10N4O5/c1-5(4-15)13-9-7(11-12-13)2-6(10(16)17)3-8(9)14(18)19/h2-3,5,15H,4H2,1H3,(H,16,17). The minimum Gasteiger partial charge on any atom is -0.478 e. The quantitative estimate of drug-likeness (QED) is 0.611. The summed E-state index contributed by atoms with van der Waals surface area (Å²) in [7, 11) is 0. The van der Waals surface area contributed by atoms with Gasteiger partial charge in [-0.2, -0.15) is 0 Å². The zero-order valence-corrected chi connectivity index (χ0v) is 9.85. The second kappa shape index (κ2) is 4.61. The van der Waals surface area contributed by atoms with Crippen molar-refractivity contribution in [2.75, 3.05) is 6.61 Å². The Bertz CT molecular complexity index is 665. The van der Waals surface area contributed by atoms with E-state index < -0.39 is 22.6 Å². The van der Waals surface area contributed by atoms with Crippen molar-refractivity contribution < 1.29 is 19.9 Å². The van der Waals surface area contributed by atoms with Crippen molar-refractivity contribution in [1.29, 1.82) is 0 Å². The number of aromatic nitrogens is 3. The van der Waals surface area contributed by atoms with Gasteiger partial charge in [0.15, 0.2) is 5.52 Å². The van der Waals surface area contributed by atoms with Gasteiger partial charge in [-0.1, -0.05) is 5.21 Å². The Morgan fingerprint density at radius 3 is 2.79 bits per heavy atom. The third kappa shape index (κ3) is 2.10. The van der Waals surface area contributed by atoms with E-state index >= 15 is 0 Å². The van der Waals surface area contributed by atoms with Crippen LogP contribution < -0.4 is 0 Å². The summed E-state index contributed by atoms with van der Waals surface area (Å²) in [6.07, 6.45) is 0. The SMILES string of the molecule is CC(CO)n1nnc2cc(C(=O)O)cc([N+](=O)[O-])c21. The summed E-state index contributed by atoms with van der Waals surface area (Å²) >= 11 is 0. The molecular weight excluding hydrogens is 256 g/mol. The Morgan fingerprint density at radius 2 is 2.26 bits per heavy atom. The normalized spacial score (nSPS) is 12.5. The molecule has 1 aromatic carbocycles. The average Bonchev–Trinajstić information content (AvgIpc) is 2.80. The molecule has 0 bridgehead atoms. The first-order valence-corrected chi connectivity index (χ1v) is 5.33. The molecule has 0 aliphatic heterocycles. The molecule has 1 heterocycles. The molecule has 0 radical (unpaired) electrons. The molecule has 9 heteroatoms. The number of aliphatic hydroxyl groups is 1. The van der Waals surface area contributed by atoms with Gasteiger partial charge in [-0.25, -0.2) is 9.48 Å². The van der Waals surface area contributed by atoms with E-state index in [2.05, 4.69) is 10.3 Å². The fourth-order valence-electron chi connectivity index (χ4n) is 1.70. The third-order valence-electron chi connectivity index (χ3n) is 2.67. The first-order chi connectivity index (χ1) is 8.95. The maximum absolute atomic E-state index is 11.0. The molecule has 2 aromatic rings. The van der Waals surface area contributed by atoms with Crippen LogP contribution in [0.1, 0.15) is 23.3 Å². The number of benzene rings is 1. The number of rotatable bonds is 4. The van der Waals surface area contributed by atoms with Gasteiger partial charge in [0.05, 0.1) is 23.1 Å². The highest BCUT2D eigenvalue weighted by atomic mass is 16.6. The number of aliphatic hydroxyl groups excluding tert-OH is 1. The van der Waals surface area contributed by atoms with Gasteiger partial charge in [0.1, 0.15) is 5.52 Å². The molecule has 100 valence electrons. The Kier molecular flexibility index (Phi) is 3.13. The van der Waals surface area contributed by atoms with E-state index in [-0.39, 0.29) is 23.2 Å². The summed E-state index contributed by atoms with van der Waals surface area (Å²) in [5.74, 6) is -1.28. The van der Waals surface area contributed by atoms with Crippen LogP contribution in [0.25, 0.3) is 11.0 Å². The number of nitro benzene ring substituents is 1. The third-order valence-corrected chi connectivity index (χ3v) is 2.67. The minimum absolute atomic E-state index is 0.0940. The first kappa shape index (κ1) is 12.9. The van der Waals surface area contributed by atoms with Crippen LogP contribution in [0.5, 0.6) is 0 Å². The summed E-state index contributed by atoms with van der Waals surface area (Å²) < 4.78 is 1.21. The van der Waals surface area contributed by atoms with Gasteiger partial charge in [0.2, 0.25) is 0 Å². The number of nitrogens with zero attached hydrogens (tertiary/aromatic N) is 4. The molecule has 0 saturated heterocycles. The lowest BCUT2D eigenvalue weighted by Crippen LogP contribution is -2.12. The number of carboxylic acids is 1. The molecule has 0 amide bonds. The number of nitro groups is 1. The van der Waals surface area contributed by atoms with E-state index in [0.29, 0.717) is 0 Å². The lowest BCUT2D eigenvalue weighted by atomic mass is 10.1. The molecule has 9 nitrogen and oxygen atoms in total. The molecule has 1 atom stereocenters. The second-order valence-corrected chi connectivity index (χ2v) is 3.99. The van der Waals surface area contributed by atoms with Crippen molar-refractivity contribution in [2.45, 2.75) is 13.0 Å². The number of fused-ring (bicyclic) bond motifs is 1. The number of hydrogen-bond acceptors (Lipinski definition) is 6. The van der Waals surface area contributed by atoms with Crippen LogP contribution in [0.15, 0.2) is 12.1 Å². The molecule has 0 spiro atoms. The maximum Gasteiger partial charge on any atom is 0.336 e. The highest BCUT2D eigenvalue weighted by Crippen LogP contribution is 2.28. The molecular formula is C10H10N4O5. The number of non-ortho nitro benzene ring substituents is 1. The van der Waals surface area contributed by atoms with Crippen molar-refractivity contribution in [3.05, 3.63) is 27.8 Å². The van der Waals surface area contributed by atoms with Gasteiger partial charge < -0.3 is 10.2 Å². The maximum atomic E-state index is 11.0. The van der Waals surface area contributed by atoms with Crippen LogP contribution in [0, 0.1) is 10.1 Å². The molecule has 0 saturated carbocycles.